The number of carbonyl (C=O) groups excluding carboxylic acids is 2. The van der Waals surface area contributed by atoms with Crippen molar-refractivity contribution in [3.8, 4) is 0 Å². The van der Waals surface area contributed by atoms with Crippen LogP contribution in [0.3, 0.4) is 0 Å². The summed E-state index contributed by atoms with van der Waals surface area (Å²) in [5.74, 6) is 0.0492. The van der Waals surface area contributed by atoms with E-state index in [-0.39, 0.29) is 23.3 Å². The number of hydrogen-bond donors (Lipinski definition) is 0. The lowest BCUT2D eigenvalue weighted by atomic mass is 9.61. The first-order chi connectivity index (χ1) is 5.46. The molecule has 12 heavy (non-hydrogen) atoms. The quantitative estimate of drug-likeness (QED) is 0.455. The van der Waals surface area contributed by atoms with Crippen molar-refractivity contribution in [1.29, 1.82) is 0 Å². The smallest absolute Gasteiger partial charge is 0.138 e. The van der Waals surface area contributed by atoms with Crippen LogP contribution in [0.2, 0.25) is 5.31 Å². The minimum atomic E-state index is -0.286. The molecule has 0 radical (unpaired) electrons. The van der Waals surface area contributed by atoms with Crippen molar-refractivity contribution in [1.82, 2.24) is 0 Å². The second kappa shape index (κ2) is 4.44. The normalized spacial score (nSPS) is 11.2. The van der Waals surface area contributed by atoms with Crippen LogP contribution in [0, 0.1) is 0 Å². The Balaban J connectivity index is 4.32. The maximum atomic E-state index is 11.5. The molecule has 0 aromatic heterocycles. The van der Waals surface area contributed by atoms with E-state index in [9.17, 15) is 9.59 Å². The number of rotatable bonds is 5. The van der Waals surface area contributed by atoms with Gasteiger partial charge in [-0.05, 0) is 12.2 Å². The van der Waals surface area contributed by atoms with Crippen LogP contribution < -0.4 is 0 Å². The van der Waals surface area contributed by atoms with Gasteiger partial charge in [0.1, 0.15) is 19.4 Å². The molecule has 0 aliphatic heterocycles. The van der Waals surface area contributed by atoms with E-state index in [1.165, 1.54) is 6.92 Å². The van der Waals surface area contributed by atoms with Crippen molar-refractivity contribution in [2.24, 2.45) is 0 Å². The Bertz CT molecular complexity index is 183. The lowest BCUT2D eigenvalue weighted by Crippen LogP contribution is -2.24. The predicted molar refractivity (Wildman–Crippen MR) is 52.1 cm³/mol. The summed E-state index contributed by atoms with van der Waals surface area (Å²) in [6, 6.07) is 0. The first-order valence-corrected chi connectivity index (χ1v) is 4.49. The molecule has 2 nitrogen and oxygen atoms in total. The van der Waals surface area contributed by atoms with Gasteiger partial charge in [-0.3, -0.25) is 9.59 Å². The van der Waals surface area contributed by atoms with E-state index in [2.05, 4.69) is 0 Å². The zero-order valence-electron chi connectivity index (χ0n) is 8.44. The molecule has 0 aromatic rings. The first kappa shape index (κ1) is 11.4. The fraction of sp³-hybridized carbons (Fsp3) is 0.778. The summed E-state index contributed by atoms with van der Waals surface area (Å²) in [5.41, 5.74) is 0. The molecular weight excluding hydrogens is 151 g/mol. The maximum Gasteiger partial charge on any atom is 0.138 e. The molecule has 3 heteroatoms. The molecule has 0 aliphatic carbocycles. The van der Waals surface area contributed by atoms with Gasteiger partial charge in [0, 0.05) is 0 Å². The van der Waals surface area contributed by atoms with Crippen LogP contribution in [0.5, 0.6) is 0 Å². The third kappa shape index (κ3) is 2.80. The molecule has 0 fully saturated rings. The molecule has 0 unspecified atom stereocenters. The molecule has 68 valence electrons. The van der Waals surface area contributed by atoms with Crippen LogP contribution in [0.1, 0.15) is 40.0 Å². The SMILES string of the molecule is BC(CC)(CC)C(=O)CC(C)=O. The molecule has 0 saturated heterocycles. The van der Waals surface area contributed by atoms with Gasteiger partial charge in [0.2, 0.25) is 0 Å². The lowest BCUT2D eigenvalue weighted by Gasteiger charge is -2.24. The highest BCUT2D eigenvalue weighted by atomic mass is 16.1. The molecule has 0 saturated carbocycles. The minimum Gasteiger partial charge on any atom is -0.300 e. The molecule has 0 bridgehead atoms. The molecular formula is C9H17BO2. The van der Waals surface area contributed by atoms with Crippen LogP contribution in [-0.4, -0.2) is 19.4 Å². The van der Waals surface area contributed by atoms with Crippen molar-refractivity contribution < 1.29 is 9.59 Å². The second-order valence-electron chi connectivity index (χ2n) is 3.57. The Morgan fingerprint density at radius 3 is 1.92 bits per heavy atom. The summed E-state index contributed by atoms with van der Waals surface area (Å²) in [6.45, 7) is 5.44. The molecule has 0 atom stereocenters. The molecule has 0 heterocycles. The van der Waals surface area contributed by atoms with Crippen LogP contribution in [-0.2, 0) is 9.59 Å². The Labute approximate surface area is 75.1 Å². The average Bonchev–Trinajstić information content (AvgIpc) is 2.02. The number of carbonyl (C=O) groups is 2. The van der Waals surface area contributed by atoms with Crippen molar-refractivity contribution >= 4 is 19.4 Å². The van der Waals surface area contributed by atoms with Gasteiger partial charge in [-0.25, -0.2) is 0 Å². The standard InChI is InChI=1S/C9H17BO2/c1-4-9(10,5-2)8(12)6-7(3)11/h4-6,10H2,1-3H3. The van der Waals surface area contributed by atoms with E-state index >= 15 is 0 Å². The van der Waals surface area contributed by atoms with Gasteiger partial charge in [-0.2, -0.15) is 0 Å². The van der Waals surface area contributed by atoms with Crippen LogP contribution in [0.4, 0.5) is 0 Å². The highest BCUT2D eigenvalue weighted by molar-refractivity contribution is 6.30. The van der Waals surface area contributed by atoms with Gasteiger partial charge in [0.05, 0.1) is 6.42 Å². The summed E-state index contributed by atoms with van der Waals surface area (Å²) in [6.07, 6.45) is 1.73. The van der Waals surface area contributed by atoms with E-state index < -0.39 is 0 Å². The summed E-state index contributed by atoms with van der Waals surface area (Å²) in [5, 5.41) is -0.286. The number of hydrogen-bond acceptors (Lipinski definition) is 2. The fourth-order valence-corrected chi connectivity index (χ4v) is 1.08. The Hall–Kier alpha value is -0.595. The van der Waals surface area contributed by atoms with Gasteiger partial charge in [0.15, 0.2) is 0 Å². The number of Topliss-reactive ketones (excluding diaryl/α,β-unsaturated/α-hetero) is 2. The van der Waals surface area contributed by atoms with E-state index in [1.54, 1.807) is 0 Å². The molecule has 0 aliphatic rings. The largest absolute Gasteiger partial charge is 0.300 e. The first-order valence-electron chi connectivity index (χ1n) is 4.49. The van der Waals surface area contributed by atoms with E-state index in [4.69, 9.17) is 0 Å². The Morgan fingerprint density at radius 2 is 1.67 bits per heavy atom. The third-order valence-corrected chi connectivity index (χ3v) is 2.64. The maximum absolute atomic E-state index is 11.5. The molecule has 0 spiro atoms. The van der Waals surface area contributed by atoms with E-state index in [1.807, 2.05) is 21.7 Å². The van der Waals surface area contributed by atoms with Crippen molar-refractivity contribution in [3.63, 3.8) is 0 Å². The van der Waals surface area contributed by atoms with E-state index in [0.29, 0.717) is 0 Å². The van der Waals surface area contributed by atoms with Crippen LogP contribution in [0.25, 0.3) is 0 Å². The highest BCUT2D eigenvalue weighted by Crippen LogP contribution is 2.32. The van der Waals surface area contributed by atoms with Gasteiger partial charge in [-0.1, -0.05) is 26.7 Å². The monoisotopic (exact) mass is 168 g/mol. The van der Waals surface area contributed by atoms with E-state index in [0.717, 1.165) is 12.8 Å². The van der Waals surface area contributed by atoms with Crippen molar-refractivity contribution in [2.45, 2.75) is 45.3 Å². The van der Waals surface area contributed by atoms with Crippen molar-refractivity contribution in [3.05, 3.63) is 0 Å². The summed E-state index contributed by atoms with van der Waals surface area (Å²) >= 11 is 0. The molecule has 0 rings (SSSR count). The zero-order chi connectivity index (χ0) is 9.78. The lowest BCUT2D eigenvalue weighted by molar-refractivity contribution is -0.127. The Morgan fingerprint density at radius 1 is 1.25 bits per heavy atom. The van der Waals surface area contributed by atoms with Crippen LogP contribution >= 0.6 is 0 Å². The molecule has 0 amide bonds. The highest BCUT2D eigenvalue weighted by Gasteiger charge is 2.28. The van der Waals surface area contributed by atoms with Gasteiger partial charge < -0.3 is 0 Å². The summed E-state index contributed by atoms with van der Waals surface area (Å²) < 4.78 is 0. The van der Waals surface area contributed by atoms with Gasteiger partial charge >= 0.3 is 0 Å². The topological polar surface area (TPSA) is 34.1 Å². The number of ketones is 2. The molecule has 0 N–H and O–H groups in total. The third-order valence-electron chi connectivity index (χ3n) is 2.64. The summed E-state index contributed by atoms with van der Waals surface area (Å²) in [4.78, 5) is 22.2. The minimum absolute atomic E-state index is 0.0341. The zero-order valence-corrected chi connectivity index (χ0v) is 8.44. The molecule has 0 aromatic carbocycles. The summed E-state index contributed by atoms with van der Waals surface area (Å²) in [7, 11) is 1.93. The second-order valence-corrected chi connectivity index (χ2v) is 3.57. The van der Waals surface area contributed by atoms with Gasteiger partial charge in [0.25, 0.3) is 0 Å². The Kier molecular flexibility index (Phi) is 4.22. The van der Waals surface area contributed by atoms with Crippen LogP contribution in [0.15, 0.2) is 0 Å². The fourth-order valence-electron chi connectivity index (χ4n) is 1.08. The predicted octanol–water partition coefficient (Wildman–Crippen LogP) is 1.15. The van der Waals surface area contributed by atoms with Gasteiger partial charge in [-0.15, -0.1) is 0 Å². The van der Waals surface area contributed by atoms with Crippen molar-refractivity contribution in [2.75, 3.05) is 0 Å². The average molecular weight is 168 g/mol.